The molecule has 0 aliphatic carbocycles. The van der Waals surface area contributed by atoms with Crippen LogP contribution in [0.4, 0.5) is 11.4 Å². The van der Waals surface area contributed by atoms with Gasteiger partial charge in [0.05, 0.1) is 20.3 Å². The van der Waals surface area contributed by atoms with Gasteiger partial charge in [-0.25, -0.2) is 0 Å². The molecule has 4 rings (SSSR count). The maximum absolute atomic E-state index is 8.60. The molecule has 2 aliphatic heterocycles. The molecule has 0 radical (unpaired) electrons. The molecule has 0 bridgehead atoms. The number of fused-ring (bicyclic) bond motifs is 2. The number of hydrogen-bond donors (Lipinski definition) is 1. The lowest BCUT2D eigenvalue weighted by atomic mass is 9.78. The third kappa shape index (κ3) is 5.00. The van der Waals surface area contributed by atoms with Gasteiger partial charge in [-0.15, -0.1) is 0 Å². The molecule has 2 heterocycles. The summed E-state index contributed by atoms with van der Waals surface area (Å²) in [5.41, 5.74) is 8.36. The number of rotatable bonds is 4. The van der Waals surface area contributed by atoms with Crippen molar-refractivity contribution in [3.63, 3.8) is 0 Å². The van der Waals surface area contributed by atoms with Gasteiger partial charge in [0.2, 0.25) is 5.69 Å². The number of unbranched alkanes of at least 4 members (excludes halogenated alkanes) is 1. The minimum absolute atomic E-state index is 0.000373. The highest BCUT2D eigenvalue weighted by molar-refractivity contribution is 6.04. The lowest BCUT2D eigenvalue weighted by molar-refractivity contribution is -1.92. The summed E-state index contributed by atoms with van der Waals surface area (Å²) >= 11 is 0. The number of para-hydroxylation sites is 2. The number of hydrogen-bond acceptors (Lipinski definition) is 5. The predicted molar refractivity (Wildman–Crippen MR) is 122 cm³/mol. The number of benzene rings is 2. The van der Waals surface area contributed by atoms with Gasteiger partial charge in [-0.3, -0.25) is 0 Å². The zero-order valence-electron chi connectivity index (χ0n) is 20.3. The van der Waals surface area contributed by atoms with Crippen LogP contribution in [0.2, 0.25) is 0 Å². The monoisotopic (exact) mass is 473 g/mol. The standard InChI is InChI=1S/C26H33N2.ClHO4/c1-7-8-17-28-22-16-12-10-14-20(22)26(4,5)24(28)18-23-25(2,3)19-13-9-11-15-21(19)27(23)6;2-1(3,4)5/h9-16,18H,7-8,17H2,1-6H3;(H,2,3,4,5)/q+1;. The second kappa shape index (κ2) is 9.20. The second-order valence-electron chi connectivity index (χ2n) is 9.66. The topological polar surface area (TPSA) is 95.7 Å². The second-order valence-corrected chi connectivity index (χ2v) is 10.5. The number of halogens is 1. The van der Waals surface area contributed by atoms with E-state index in [2.05, 4.69) is 106 Å². The summed E-state index contributed by atoms with van der Waals surface area (Å²) in [6.07, 6.45) is 4.89. The largest absolute Gasteiger partial charge is 0.344 e. The van der Waals surface area contributed by atoms with E-state index in [4.69, 9.17) is 18.6 Å². The minimum Gasteiger partial charge on any atom is -0.344 e. The number of nitrogens with zero attached hydrogens (tertiary/aromatic N) is 2. The van der Waals surface area contributed by atoms with Crippen LogP contribution in [-0.2, 0) is 10.8 Å². The van der Waals surface area contributed by atoms with Crippen molar-refractivity contribution < 1.29 is 33.5 Å². The van der Waals surface area contributed by atoms with Crippen molar-refractivity contribution in [2.75, 3.05) is 18.5 Å². The smallest absolute Gasteiger partial charge is 0.209 e. The Labute approximate surface area is 198 Å². The molecule has 178 valence electrons. The number of anilines is 1. The van der Waals surface area contributed by atoms with Gasteiger partial charge in [0.15, 0.2) is 5.71 Å². The van der Waals surface area contributed by atoms with Gasteiger partial charge in [-0.1, -0.05) is 63.6 Å². The molecule has 7 heteroatoms. The Morgan fingerprint density at radius 1 is 0.939 bits per heavy atom. The van der Waals surface area contributed by atoms with Crippen molar-refractivity contribution in [3.8, 4) is 0 Å². The van der Waals surface area contributed by atoms with E-state index in [0.717, 1.165) is 6.54 Å². The van der Waals surface area contributed by atoms with Crippen LogP contribution in [0.15, 0.2) is 60.3 Å². The summed E-state index contributed by atoms with van der Waals surface area (Å²) in [5, 5.41) is 0. The van der Waals surface area contributed by atoms with Gasteiger partial charge in [-0.2, -0.15) is 18.6 Å². The fourth-order valence-electron chi connectivity index (χ4n) is 5.05. The zero-order valence-corrected chi connectivity index (χ0v) is 21.0. The summed E-state index contributed by atoms with van der Waals surface area (Å²) in [5.74, 6) is 0. The van der Waals surface area contributed by atoms with Crippen molar-refractivity contribution in [3.05, 3.63) is 71.4 Å². The third-order valence-electron chi connectivity index (χ3n) is 6.75. The Kier molecular flexibility index (Phi) is 7.08. The number of allylic oxidation sites excluding steroid dienone is 2. The van der Waals surface area contributed by atoms with E-state index in [9.17, 15) is 0 Å². The average molecular weight is 474 g/mol. The lowest BCUT2D eigenvalue weighted by Crippen LogP contribution is -2.58. The van der Waals surface area contributed by atoms with E-state index >= 15 is 0 Å². The molecule has 0 saturated carbocycles. The first-order chi connectivity index (χ1) is 15.3. The highest BCUT2D eigenvalue weighted by Gasteiger charge is 2.46. The predicted octanol–water partition coefficient (Wildman–Crippen LogP) is 2.05. The Hall–Kier alpha value is -2.22. The Morgan fingerprint density at radius 2 is 1.48 bits per heavy atom. The Morgan fingerprint density at radius 3 is 2.06 bits per heavy atom. The molecule has 0 aromatic heterocycles. The Bertz CT molecular complexity index is 1080. The van der Waals surface area contributed by atoms with Crippen molar-refractivity contribution >= 4 is 17.1 Å². The van der Waals surface area contributed by atoms with Gasteiger partial charge in [0.1, 0.15) is 7.05 Å². The molecule has 0 amide bonds. The summed E-state index contributed by atoms with van der Waals surface area (Å²) < 4.78 is 35.1. The molecule has 2 aromatic rings. The maximum atomic E-state index is 8.60. The van der Waals surface area contributed by atoms with Crippen LogP contribution >= 0.6 is 0 Å². The highest BCUT2D eigenvalue weighted by Crippen LogP contribution is 2.49. The van der Waals surface area contributed by atoms with Crippen molar-refractivity contribution in [1.29, 1.82) is 0 Å². The molecule has 0 saturated heterocycles. The summed E-state index contributed by atoms with van der Waals surface area (Å²) in [6.45, 7) is 12.8. The van der Waals surface area contributed by atoms with Crippen LogP contribution in [0.1, 0.15) is 58.6 Å². The van der Waals surface area contributed by atoms with Crippen molar-refractivity contribution in [2.45, 2.75) is 58.3 Å². The first-order valence-corrected chi connectivity index (χ1v) is 12.5. The molecule has 0 spiro atoms. The van der Waals surface area contributed by atoms with Crippen molar-refractivity contribution in [1.82, 2.24) is 0 Å². The summed E-state index contributed by atoms with van der Waals surface area (Å²) in [7, 11) is -2.48. The van der Waals surface area contributed by atoms with Crippen molar-refractivity contribution in [2.24, 2.45) is 0 Å². The maximum Gasteiger partial charge on any atom is 0.209 e. The minimum atomic E-state index is -4.69. The van der Waals surface area contributed by atoms with E-state index in [1.807, 2.05) is 0 Å². The van der Waals surface area contributed by atoms with Crippen LogP contribution in [0, 0.1) is 10.2 Å². The van der Waals surface area contributed by atoms with Crippen LogP contribution < -0.4 is 18.9 Å². The van der Waals surface area contributed by atoms with Gasteiger partial charge in [0, 0.05) is 41.1 Å². The van der Waals surface area contributed by atoms with E-state index in [1.165, 1.54) is 46.8 Å². The fraction of sp³-hybridized carbons (Fsp3) is 0.423. The van der Waals surface area contributed by atoms with Gasteiger partial charge >= 0.3 is 0 Å². The fourth-order valence-corrected chi connectivity index (χ4v) is 5.05. The van der Waals surface area contributed by atoms with Gasteiger partial charge in [-0.05, 0) is 31.9 Å². The average Bonchev–Trinajstić information content (AvgIpc) is 3.06. The first kappa shape index (κ1) is 25.4. The molecule has 0 atom stereocenters. The van der Waals surface area contributed by atoms with E-state index in [0.29, 0.717) is 0 Å². The summed E-state index contributed by atoms with van der Waals surface area (Å²) in [4.78, 5) is 2.57. The SMILES string of the molecule is CCCCN1/C(=C/C2=[N+](C)c3ccccc3C2(C)C)C(C)(C)c2ccccc21.[O-][Cl+3]([O-])([O-])O. The lowest BCUT2D eigenvalue weighted by Gasteiger charge is -2.28. The molecule has 0 fully saturated rings. The molecule has 2 aromatic carbocycles. The molecular formula is C26H34ClN2O4+. The quantitative estimate of drug-likeness (QED) is 0.685. The van der Waals surface area contributed by atoms with Crippen LogP contribution in [0.25, 0.3) is 0 Å². The van der Waals surface area contributed by atoms with Crippen LogP contribution in [0.5, 0.6) is 0 Å². The molecule has 0 unspecified atom stereocenters. The normalized spacial score (nSPS) is 19.3. The first-order valence-electron chi connectivity index (χ1n) is 11.2. The van der Waals surface area contributed by atoms with E-state index < -0.39 is 10.2 Å². The summed E-state index contributed by atoms with van der Waals surface area (Å²) in [6, 6.07) is 17.8. The van der Waals surface area contributed by atoms with Crippen LogP contribution in [-0.4, -0.2) is 28.5 Å². The molecular weight excluding hydrogens is 440 g/mol. The molecule has 33 heavy (non-hydrogen) atoms. The zero-order chi connectivity index (χ0) is 24.6. The van der Waals surface area contributed by atoms with Gasteiger partial charge < -0.3 is 4.90 Å². The molecule has 6 nitrogen and oxygen atoms in total. The molecule has 1 N–H and O–H groups in total. The van der Waals surface area contributed by atoms with E-state index in [-0.39, 0.29) is 10.8 Å². The highest BCUT2D eigenvalue weighted by atomic mass is 35.7. The van der Waals surface area contributed by atoms with Gasteiger partial charge in [0.25, 0.3) is 0 Å². The van der Waals surface area contributed by atoms with E-state index in [1.54, 1.807) is 0 Å². The van der Waals surface area contributed by atoms with Crippen LogP contribution in [0.3, 0.4) is 0 Å². The Balaban J connectivity index is 0.000000555. The third-order valence-corrected chi connectivity index (χ3v) is 6.75. The molecule has 2 aliphatic rings.